The second kappa shape index (κ2) is 6.96. The lowest BCUT2D eigenvalue weighted by atomic mass is 9.99. The molecule has 0 spiro atoms. The third-order valence-electron chi connectivity index (χ3n) is 3.25. The van der Waals surface area contributed by atoms with E-state index in [2.05, 4.69) is 4.72 Å². The molecule has 3 N–H and O–H groups in total. The number of nitrogens with one attached hydrogen (secondary N) is 1. The van der Waals surface area contributed by atoms with E-state index in [0.29, 0.717) is 10.8 Å². The lowest BCUT2D eigenvalue weighted by Crippen LogP contribution is -2.39. The predicted octanol–water partition coefficient (Wildman–Crippen LogP) is 3.73. The molecule has 2 aromatic rings. The summed E-state index contributed by atoms with van der Waals surface area (Å²) in [5.74, 6) is 0.653. The minimum atomic E-state index is -1.27. The summed E-state index contributed by atoms with van der Waals surface area (Å²) >= 11 is 5.92. The van der Waals surface area contributed by atoms with Crippen LogP contribution in [0.25, 0.3) is 0 Å². The molecule has 0 aliphatic rings. The van der Waals surface area contributed by atoms with Gasteiger partial charge >= 0.3 is 0 Å². The van der Waals surface area contributed by atoms with Crippen LogP contribution in [-0.4, -0.2) is 8.96 Å². The number of furan rings is 1. The van der Waals surface area contributed by atoms with Crippen molar-refractivity contribution in [2.45, 2.75) is 37.6 Å². The van der Waals surface area contributed by atoms with E-state index in [1.54, 1.807) is 24.5 Å². The third-order valence-corrected chi connectivity index (χ3v) is 5.09. The van der Waals surface area contributed by atoms with Crippen molar-refractivity contribution in [2.24, 2.45) is 5.73 Å². The Balaban J connectivity index is 2.28. The Morgan fingerprint density at radius 1 is 1.23 bits per heavy atom. The van der Waals surface area contributed by atoms with Crippen molar-refractivity contribution in [3.63, 3.8) is 0 Å². The highest BCUT2D eigenvalue weighted by Crippen LogP contribution is 2.29. The molecule has 1 aromatic carbocycles. The van der Waals surface area contributed by atoms with Crippen LogP contribution in [0.1, 0.15) is 44.2 Å². The van der Waals surface area contributed by atoms with E-state index in [1.807, 2.05) is 39.0 Å². The van der Waals surface area contributed by atoms with Crippen molar-refractivity contribution >= 4 is 22.6 Å². The molecule has 0 saturated heterocycles. The van der Waals surface area contributed by atoms with Crippen LogP contribution >= 0.6 is 11.6 Å². The van der Waals surface area contributed by atoms with E-state index in [1.165, 1.54) is 0 Å². The fourth-order valence-electron chi connectivity index (χ4n) is 1.95. The zero-order valence-electron chi connectivity index (χ0n) is 12.9. The molecular weight excluding hydrogens is 320 g/mol. The molecule has 1 aromatic heterocycles. The largest absolute Gasteiger partial charge is 0.468 e. The highest BCUT2D eigenvalue weighted by Gasteiger charge is 2.29. The molecule has 0 fully saturated rings. The molecule has 0 bridgehead atoms. The van der Waals surface area contributed by atoms with Gasteiger partial charge in [-0.3, -0.25) is 0 Å². The normalized spacial score (nSPS) is 16.2. The fraction of sp³-hybridized carbons (Fsp3) is 0.375. The summed E-state index contributed by atoms with van der Waals surface area (Å²) in [6.45, 7) is 5.72. The Labute approximate surface area is 138 Å². The number of hydrogen-bond donors (Lipinski definition) is 2. The summed E-state index contributed by atoms with van der Waals surface area (Å²) < 4.78 is 20.6. The summed E-state index contributed by atoms with van der Waals surface area (Å²) in [7, 11) is -1.27. The average molecular weight is 341 g/mol. The monoisotopic (exact) mass is 340 g/mol. The Morgan fingerprint density at radius 2 is 1.86 bits per heavy atom. The molecule has 2 rings (SSSR count). The molecule has 0 aliphatic heterocycles. The van der Waals surface area contributed by atoms with E-state index < -0.39 is 27.8 Å². The summed E-state index contributed by atoms with van der Waals surface area (Å²) in [6, 6.07) is 10.1. The molecule has 3 atom stereocenters. The standard InChI is InChI=1S/C16H21ClN2O2S/c1-16(2,3)22(20)19-15(13-5-4-10-21-13)14(18)11-6-8-12(17)9-7-11/h4-10,14-15,19H,18H2,1-3H3/t14-,15+,22+/m0/s1. The van der Waals surface area contributed by atoms with Crippen LogP contribution < -0.4 is 10.5 Å². The van der Waals surface area contributed by atoms with Gasteiger partial charge in [-0.2, -0.15) is 0 Å². The van der Waals surface area contributed by atoms with Gasteiger partial charge in [0.25, 0.3) is 0 Å². The number of rotatable bonds is 5. The van der Waals surface area contributed by atoms with Crippen molar-refractivity contribution in [1.82, 2.24) is 4.72 Å². The zero-order valence-corrected chi connectivity index (χ0v) is 14.4. The highest BCUT2D eigenvalue weighted by atomic mass is 35.5. The van der Waals surface area contributed by atoms with Crippen LogP contribution in [0.2, 0.25) is 5.02 Å². The molecule has 0 radical (unpaired) electrons. The zero-order chi connectivity index (χ0) is 16.3. The number of hydrogen-bond acceptors (Lipinski definition) is 3. The van der Waals surface area contributed by atoms with Gasteiger partial charge in [0.1, 0.15) is 5.76 Å². The molecule has 1 heterocycles. The van der Waals surface area contributed by atoms with Gasteiger partial charge in [-0.25, -0.2) is 8.93 Å². The van der Waals surface area contributed by atoms with E-state index in [-0.39, 0.29) is 0 Å². The van der Waals surface area contributed by atoms with Crippen LogP contribution in [-0.2, 0) is 11.0 Å². The Bertz CT molecular complexity index is 621. The van der Waals surface area contributed by atoms with Crippen molar-refractivity contribution < 1.29 is 8.63 Å². The molecule has 22 heavy (non-hydrogen) atoms. The van der Waals surface area contributed by atoms with Crippen molar-refractivity contribution in [3.05, 3.63) is 59.0 Å². The van der Waals surface area contributed by atoms with E-state index in [0.717, 1.165) is 5.56 Å². The molecule has 0 aliphatic carbocycles. The van der Waals surface area contributed by atoms with Crippen molar-refractivity contribution in [3.8, 4) is 0 Å². The topological polar surface area (TPSA) is 68.3 Å². The first kappa shape index (κ1) is 17.2. The van der Waals surface area contributed by atoms with Gasteiger partial charge in [0.2, 0.25) is 0 Å². The maximum atomic E-state index is 12.4. The van der Waals surface area contributed by atoms with Crippen LogP contribution in [0, 0.1) is 0 Å². The fourth-order valence-corrected chi connectivity index (χ4v) is 2.92. The first-order valence-electron chi connectivity index (χ1n) is 7.01. The summed E-state index contributed by atoms with van der Waals surface area (Å²) in [4.78, 5) is 0. The van der Waals surface area contributed by atoms with Crippen LogP contribution in [0.5, 0.6) is 0 Å². The Hall–Kier alpha value is -1.14. The molecule has 0 unspecified atom stereocenters. The van der Waals surface area contributed by atoms with Gasteiger partial charge in [-0.15, -0.1) is 0 Å². The predicted molar refractivity (Wildman–Crippen MR) is 90.9 cm³/mol. The number of benzene rings is 1. The molecule has 120 valence electrons. The Morgan fingerprint density at radius 3 is 2.36 bits per heavy atom. The van der Waals surface area contributed by atoms with Gasteiger partial charge in [0.05, 0.1) is 34.1 Å². The smallest absolute Gasteiger partial charge is 0.123 e. The lowest BCUT2D eigenvalue weighted by molar-refractivity contribution is 0.407. The Kier molecular flexibility index (Phi) is 5.45. The van der Waals surface area contributed by atoms with Crippen molar-refractivity contribution in [1.29, 1.82) is 0 Å². The maximum absolute atomic E-state index is 12.4. The molecular formula is C16H21ClN2O2S. The first-order chi connectivity index (χ1) is 10.3. The number of nitrogens with two attached hydrogens (primary N) is 1. The van der Waals surface area contributed by atoms with E-state index >= 15 is 0 Å². The molecule has 6 heteroatoms. The second-order valence-electron chi connectivity index (χ2n) is 6.07. The third kappa shape index (κ3) is 4.20. The van der Waals surface area contributed by atoms with Crippen LogP contribution in [0.4, 0.5) is 0 Å². The van der Waals surface area contributed by atoms with E-state index in [9.17, 15) is 4.21 Å². The molecule has 4 nitrogen and oxygen atoms in total. The quantitative estimate of drug-likeness (QED) is 0.871. The molecule has 0 saturated carbocycles. The van der Waals surface area contributed by atoms with Crippen molar-refractivity contribution in [2.75, 3.05) is 0 Å². The lowest BCUT2D eigenvalue weighted by Gasteiger charge is -2.27. The van der Waals surface area contributed by atoms with Crippen LogP contribution in [0.15, 0.2) is 47.1 Å². The van der Waals surface area contributed by atoms with Gasteiger partial charge in [0, 0.05) is 5.02 Å². The van der Waals surface area contributed by atoms with Gasteiger partial charge < -0.3 is 10.2 Å². The first-order valence-corrected chi connectivity index (χ1v) is 8.54. The second-order valence-corrected chi connectivity index (χ2v) is 8.50. The summed E-state index contributed by atoms with van der Waals surface area (Å²) in [6.07, 6.45) is 1.58. The number of halogens is 1. The minimum Gasteiger partial charge on any atom is -0.468 e. The summed E-state index contributed by atoms with van der Waals surface area (Å²) in [5, 5.41) is 0.650. The minimum absolute atomic E-state index is 0.392. The van der Waals surface area contributed by atoms with E-state index in [4.69, 9.17) is 21.8 Å². The average Bonchev–Trinajstić information content (AvgIpc) is 2.97. The maximum Gasteiger partial charge on any atom is 0.123 e. The van der Waals surface area contributed by atoms with Gasteiger partial charge in [-0.05, 0) is 50.6 Å². The van der Waals surface area contributed by atoms with Crippen LogP contribution in [0.3, 0.4) is 0 Å². The van der Waals surface area contributed by atoms with Gasteiger partial charge in [0.15, 0.2) is 0 Å². The van der Waals surface area contributed by atoms with Gasteiger partial charge in [-0.1, -0.05) is 23.7 Å². The highest BCUT2D eigenvalue weighted by molar-refractivity contribution is 7.84. The summed E-state index contributed by atoms with van der Waals surface area (Å²) in [5.41, 5.74) is 7.26. The molecule has 0 amide bonds. The SMILES string of the molecule is CC(C)(C)[S@@](=O)N[C@H](c1ccco1)[C@@H](N)c1ccc(Cl)cc1.